The summed E-state index contributed by atoms with van der Waals surface area (Å²) in [5.41, 5.74) is 17.4. The van der Waals surface area contributed by atoms with Crippen LogP contribution in [0, 0.1) is 0 Å². The van der Waals surface area contributed by atoms with Crippen LogP contribution in [0.5, 0.6) is 0 Å². The summed E-state index contributed by atoms with van der Waals surface area (Å²) in [6.07, 6.45) is 0. The van der Waals surface area contributed by atoms with Crippen molar-refractivity contribution in [3.05, 3.63) is 211 Å². The van der Waals surface area contributed by atoms with Crippen molar-refractivity contribution in [1.82, 2.24) is 15.0 Å². The van der Waals surface area contributed by atoms with Gasteiger partial charge in [-0.1, -0.05) is 204 Å². The summed E-state index contributed by atoms with van der Waals surface area (Å²) in [5.74, 6) is 1.94. The second-order valence-electron chi connectivity index (χ2n) is 16.9. The van der Waals surface area contributed by atoms with Crippen LogP contribution in [-0.2, 0) is 10.8 Å². The molecule has 0 atom stereocenters. The first-order valence-corrected chi connectivity index (χ1v) is 20.8. The van der Waals surface area contributed by atoms with Gasteiger partial charge < -0.3 is 0 Å². The molecule has 3 heteroatoms. The molecule has 0 spiro atoms. The Bertz CT molecular complexity index is 2960. The lowest BCUT2D eigenvalue weighted by atomic mass is 9.55. The molecule has 60 heavy (non-hydrogen) atoms. The van der Waals surface area contributed by atoms with Gasteiger partial charge >= 0.3 is 0 Å². The van der Waals surface area contributed by atoms with Gasteiger partial charge in [-0.25, -0.2) is 15.0 Å². The third kappa shape index (κ3) is 6.53. The van der Waals surface area contributed by atoms with Crippen LogP contribution in [0.4, 0.5) is 0 Å². The summed E-state index contributed by atoms with van der Waals surface area (Å²) >= 11 is 0. The molecule has 0 fully saturated rings. The van der Waals surface area contributed by atoms with Gasteiger partial charge in [-0.05, 0) is 102 Å². The smallest absolute Gasteiger partial charge is 0.164 e. The van der Waals surface area contributed by atoms with E-state index in [9.17, 15) is 0 Å². The molecule has 0 saturated carbocycles. The Morgan fingerprint density at radius 1 is 0.250 bits per heavy atom. The van der Waals surface area contributed by atoms with E-state index in [-0.39, 0.29) is 10.8 Å². The van der Waals surface area contributed by atoms with Crippen molar-refractivity contribution in [3.8, 4) is 89.8 Å². The minimum absolute atomic E-state index is 0.110. The fraction of sp³-hybridized carbons (Fsp3) is 0.105. The first-order valence-electron chi connectivity index (χ1n) is 20.8. The Morgan fingerprint density at radius 2 is 0.667 bits per heavy atom. The molecule has 0 saturated heterocycles. The minimum Gasteiger partial charge on any atom is -0.208 e. The molecule has 0 aliphatic heterocycles. The SMILES string of the molecule is CC1(C)c2ccc(-c3cccc(-c4ccccc4)c3)cc2-c2ccc(-c3cccc(-c4ccccc4-c4nc(-c5ccccc5)nc(-c5ccccc5)n4)c3)cc2C1(C)C. The Balaban J connectivity index is 1.05. The van der Waals surface area contributed by atoms with Crippen LogP contribution in [0.25, 0.3) is 89.8 Å². The topological polar surface area (TPSA) is 38.7 Å². The fourth-order valence-electron chi connectivity index (χ4n) is 8.87. The second-order valence-corrected chi connectivity index (χ2v) is 16.9. The minimum atomic E-state index is -0.129. The van der Waals surface area contributed by atoms with E-state index in [0.29, 0.717) is 17.5 Å². The second kappa shape index (κ2) is 14.9. The largest absolute Gasteiger partial charge is 0.208 e. The molecule has 10 rings (SSSR count). The van der Waals surface area contributed by atoms with Crippen molar-refractivity contribution in [2.24, 2.45) is 0 Å². The summed E-state index contributed by atoms with van der Waals surface area (Å²) in [5, 5.41) is 0. The zero-order chi connectivity index (χ0) is 40.8. The van der Waals surface area contributed by atoms with E-state index < -0.39 is 0 Å². The van der Waals surface area contributed by atoms with Crippen LogP contribution in [0.1, 0.15) is 38.8 Å². The molecule has 1 heterocycles. The van der Waals surface area contributed by atoms with Gasteiger partial charge in [0.2, 0.25) is 0 Å². The average molecular weight is 772 g/mol. The maximum atomic E-state index is 5.08. The van der Waals surface area contributed by atoms with E-state index >= 15 is 0 Å². The van der Waals surface area contributed by atoms with Gasteiger partial charge in [-0.2, -0.15) is 0 Å². The number of hydrogen-bond donors (Lipinski definition) is 0. The quantitative estimate of drug-likeness (QED) is 0.162. The predicted molar refractivity (Wildman–Crippen MR) is 249 cm³/mol. The summed E-state index contributed by atoms with van der Waals surface area (Å²) in [7, 11) is 0. The molecule has 3 nitrogen and oxygen atoms in total. The van der Waals surface area contributed by atoms with Gasteiger partial charge in [-0.3, -0.25) is 0 Å². The third-order valence-corrected chi connectivity index (χ3v) is 12.9. The van der Waals surface area contributed by atoms with Crippen molar-refractivity contribution in [1.29, 1.82) is 0 Å². The highest BCUT2D eigenvalue weighted by molar-refractivity contribution is 5.87. The van der Waals surface area contributed by atoms with Gasteiger partial charge in [0.15, 0.2) is 17.5 Å². The average Bonchev–Trinajstić information content (AvgIpc) is 3.31. The lowest BCUT2D eigenvalue weighted by Gasteiger charge is -2.48. The van der Waals surface area contributed by atoms with Crippen LogP contribution in [0.15, 0.2) is 200 Å². The number of aromatic nitrogens is 3. The van der Waals surface area contributed by atoms with Gasteiger partial charge in [-0.15, -0.1) is 0 Å². The lowest BCUT2D eigenvalue weighted by Crippen LogP contribution is -2.43. The molecule has 9 aromatic rings. The Labute approximate surface area is 353 Å². The maximum absolute atomic E-state index is 5.08. The van der Waals surface area contributed by atoms with Crippen LogP contribution in [0.2, 0.25) is 0 Å². The highest BCUT2D eigenvalue weighted by atomic mass is 15.0. The third-order valence-electron chi connectivity index (χ3n) is 12.9. The maximum Gasteiger partial charge on any atom is 0.164 e. The van der Waals surface area contributed by atoms with Crippen molar-refractivity contribution in [2.75, 3.05) is 0 Å². The summed E-state index contributed by atoms with van der Waals surface area (Å²) in [4.78, 5) is 15.1. The van der Waals surface area contributed by atoms with E-state index in [0.717, 1.165) is 27.8 Å². The summed E-state index contributed by atoms with van der Waals surface area (Å²) < 4.78 is 0. The monoisotopic (exact) mass is 771 g/mol. The molecule has 1 aliphatic rings. The number of nitrogens with zero attached hydrogens (tertiary/aromatic N) is 3. The van der Waals surface area contributed by atoms with E-state index in [4.69, 9.17) is 15.0 Å². The standard InChI is InChI=1S/C57H45N3/c1-56(2)51-33-31-44(42-25-16-24-41(34-42)38-18-8-5-9-19-38)36-50(51)48-32-30-45(37-52(48)57(56,3)4)43-26-17-27-46(35-43)47-28-14-15-29-49(47)55-59-53(39-20-10-6-11-21-39)58-54(60-55)40-22-12-7-13-23-40/h5-37H,1-4H3. The number of hydrogen-bond acceptors (Lipinski definition) is 3. The molecule has 1 aromatic heterocycles. The number of fused-ring (bicyclic) bond motifs is 3. The van der Waals surface area contributed by atoms with E-state index in [1.807, 2.05) is 60.7 Å². The summed E-state index contributed by atoms with van der Waals surface area (Å²) in [6.45, 7) is 9.62. The van der Waals surface area contributed by atoms with E-state index in [1.165, 1.54) is 55.6 Å². The molecule has 0 bridgehead atoms. The van der Waals surface area contributed by atoms with Gasteiger partial charge in [0.1, 0.15) is 0 Å². The first-order chi connectivity index (χ1) is 29.2. The fourth-order valence-corrected chi connectivity index (χ4v) is 8.87. The highest BCUT2D eigenvalue weighted by Crippen LogP contribution is 2.55. The Hall–Kier alpha value is -7.23. The molecular weight excluding hydrogens is 727 g/mol. The first kappa shape index (κ1) is 37.1. The van der Waals surface area contributed by atoms with Crippen molar-refractivity contribution in [2.45, 2.75) is 38.5 Å². The van der Waals surface area contributed by atoms with Crippen LogP contribution < -0.4 is 0 Å². The molecule has 8 aromatic carbocycles. The Morgan fingerprint density at radius 3 is 1.28 bits per heavy atom. The summed E-state index contributed by atoms with van der Waals surface area (Å²) in [6, 6.07) is 71.4. The highest BCUT2D eigenvalue weighted by Gasteiger charge is 2.46. The molecule has 0 radical (unpaired) electrons. The van der Waals surface area contributed by atoms with Crippen LogP contribution >= 0.6 is 0 Å². The zero-order valence-electron chi connectivity index (χ0n) is 34.4. The van der Waals surface area contributed by atoms with Crippen LogP contribution in [0.3, 0.4) is 0 Å². The van der Waals surface area contributed by atoms with Crippen molar-refractivity contribution < 1.29 is 0 Å². The van der Waals surface area contributed by atoms with Crippen LogP contribution in [-0.4, -0.2) is 15.0 Å². The molecule has 0 amide bonds. The predicted octanol–water partition coefficient (Wildman–Crippen LogP) is 14.8. The van der Waals surface area contributed by atoms with Crippen molar-refractivity contribution in [3.63, 3.8) is 0 Å². The molecule has 0 N–H and O–H groups in total. The van der Waals surface area contributed by atoms with Gasteiger partial charge in [0, 0.05) is 16.7 Å². The molecule has 0 unspecified atom stereocenters. The molecular formula is C57H45N3. The molecule has 1 aliphatic carbocycles. The van der Waals surface area contributed by atoms with Gasteiger partial charge in [0.05, 0.1) is 0 Å². The number of benzene rings is 8. The van der Waals surface area contributed by atoms with E-state index in [2.05, 4.69) is 167 Å². The Kier molecular flexibility index (Phi) is 9.18. The van der Waals surface area contributed by atoms with E-state index in [1.54, 1.807) is 0 Å². The lowest BCUT2D eigenvalue weighted by molar-refractivity contribution is 0.299. The normalized spacial score (nSPS) is 13.6. The number of rotatable bonds is 7. The van der Waals surface area contributed by atoms with Crippen molar-refractivity contribution >= 4 is 0 Å². The van der Waals surface area contributed by atoms with Gasteiger partial charge in [0.25, 0.3) is 0 Å². The molecule has 288 valence electrons. The zero-order valence-corrected chi connectivity index (χ0v) is 34.4.